The number of piperazine rings is 1. The Kier molecular flexibility index (Phi) is 6.07. The first-order valence-electron chi connectivity index (χ1n) is 10.3. The first kappa shape index (κ1) is 21.4. The minimum Gasteiger partial charge on any atom is -0.493 e. The van der Waals surface area contributed by atoms with E-state index in [1.165, 1.54) is 14.2 Å². The highest BCUT2D eigenvalue weighted by molar-refractivity contribution is 5.98. The number of pyridine rings is 1. The predicted octanol–water partition coefficient (Wildman–Crippen LogP) is 1.96. The quantitative estimate of drug-likeness (QED) is 0.547. The minimum atomic E-state index is -0.217. The summed E-state index contributed by atoms with van der Waals surface area (Å²) < 4.78 is 12.3. The smallest absolute Gasteiger partial charge is 0.295 e. The molecule has 1 saturated heterocycles. The number of allylic oxidation sites excluding steroid dienone is 1. The summed E-state index contributed by atoms with van der Waals surface area (Å²) in [5.74, 6) is 1.14. The molecule has 0 bridgehead atoms. The number of methoxy groups -OCH3 is 2. The maximum atomic E-state index is 13.1. The standard InChI is InChI=1S/C23H25N5O4/c1-4-11-28-20-17(8-6-10-24-20)25-21(23(28)30)26-12-14-27(15-13-26)22(29)16-7-5-9-18(31-2)19(16)32-3/h4-10H,1,11-15H2,2-3H3. The second-order valence-electron chi connectivity index (χ2n) is 7.31. The lowest BCUT2D eigenvalue weighted by atomic mass is 10.1. The molecule has 0 N–H and O–H groups in total. The maximum Gasteiger partial charge on any atom is 0.295 e. The van der Waals surface area contributed by atoms with E-state index >= 15 is 0 Å². The number of benzene rings is 1. The molecule has 2 aromatic heterocycles. The molecule has 0 atom stereocenters. The Bertz CT molecular complexity index is 1210. The summed E-state index contributed by atoms with van der Waals surface area (Å²) in [6, 6.07) is 8.86. The summed E-state index contributed by atoms with van der Waals surface area (Å²) in [5, 5.41) is 0. The first-order chi connectivity index (χ1) is 15.6. The summed E-state index contributed by atoms with van der Waals surface area (Å²) in [4.78, 5) is 38.8. The molecule has 166 valence electrons. The number of hydrogen-bond donors (Lipinski definition) is 0. The Balaban J connectivity index is 1.58. The molecule has 4 rings (SSSR count). The molecule has 0 saturated carbocycles. The molecule has 1 aliphatic heterocycles. The zero-order valence-electron chi connectivity index (χ0n) is 18.2. The molecule has 0 unspecified atom stereocenters. The second kappa shape index (κ2) is 9.09. The fourth-order valence-electron chi connectivity index (χ4n) is 3.91. The number of nitrogens with zero attached hydrogens (tertiary/aromatic N) is 5. The molecule has 0 radical (unpaired) electrons. The lowest BCUT2D eigenvalue weighted by Gasteiger charge is -2.35. The van der Waals surface area contributed by atoms with Gasteiger partial charge in [-0.1, -0.05) is 12.1 Å². The van der Waals surface area contributed by atoms with E-state index in [2.05, 4.69) is 16.5 Å². The molecule has 32 heavy (non-hydrogen) atoms. The van der Waals surface area contributed by atoms with E-state index in [-0.39, 0.29) is 11.5 Å². The molecule has 1 amide bonds. The van der Waals surface area contributed by atoms with Crippen molar-refractivity contribution < 1.29 is 14.3 Å². The van der Waals surface area contributed by atoms with Crippen LogP contribution in [-0.2, 0) is 6.54 Å². The van der Waals surface area contributed by atoms with Crippen LogP contribution in [0.5, 0.6) is 11.5 Å². The Labute approximate surface area is 185 Å². The highest BCUT2D eigenvalue weighted by Gasteiger charge is 2.27. The zero-order chi connectivity index (χ0) is 22.7. The third-order valence-electron chi connectivity index (χ3n) is 5.50. The highest BCUT2D eigenvalue weighted by Crippen LogP contribution is 2.31. The number of fused-ring (bicyclic) bond motifs is 1. The van der Waals surface area contributed by atoms with Gasteiger partial charge in [-0.25, -0.2) is 9.97 Å². The number of amides is 1. The number of aromatic nitrogens is 3. The van der Waals surface area contributed by atoms with Crippen molar-refractivity contribution in [1.82, 2.24) is 19.4 Å². The van der Waals surface area contributed by atoms with Crippen LogP contribution in [0.15, 0.2) is 54.0 Å². The third-order valence-corrected chi connectivity index (χ3v) is 5.50. The van der Waals surface area contributed by atoms with Gasteiger partial charge in [0, 0.05) is 38.9 Å². The van der Waals surface area contributed by atoms with Crippen molar-refractivity contribution in [3.63, 3.8) is 0 Å². The van der Waals surface area contributed by atoms with Gasteiger partial charge in [0.1, 0.15) is 5.52 Å². The number of carbonyl (C=O) groups is 1. The van der Waals surface area contributed by atoms with Crippen molar-refractivity contribution >= 4 is 22.9 Å². The fraction of sp³-hybridized carbons (Fsp3) is 0.304. The molecule has 9 nitrogen and oxygen atoms in total. The summed E-state index contributed by atoms with van der Waals surface area (Å²) >= 11 is 0. The summed E-state index contributed by atoms with van der Waals surface area (Å²) in [6.07, 6.45) is 3.30. The number of para-hydroxylation sites is 1. The van der Waals surface area contributed by atoms with Crippen molar-refractivity contribution in [3.05, 3.63) is 65.1 Å². The Morgan fingerprint density at radius 2 is 1.91 bits per heavy atom. The van der Waals surface area contributed by atoms with Crippen LogP contribution in [0.4, 0.5) is 5.82 Å². The van der Waals surface area contributed by atoms with Crippen molar-refractivity contribution in [3.8, 4) is 11.5 Å². The van der Waals surface area contributed by atoms with E-state index in [4.69, 9.17) is 9.47 Å². The number of ether oxygens (including phenoxy) is 2. The van der Waals surface area contributed by atoms with Crippen LogP contribution in [-0.4, -0.2) is 65.7 Å². The van der Waals surface area contributed by atoms with E-state index < -0.39 is 0 Å². The van der Waals surface area contributed by atoms with Crippen LogP contribution < -0.4 is 19.9 Å². The average Bonchev–Trinajstić information content (AvgIpc) is 2.84. The van der Waals surface area contributed by atoms with Gasteiger partial charge in [-0.05, 0) is 24.3 Å². The SMILES string of the molecule is C=CCn1c(=O)c(N2CCN(C(=O)c3cccc(OC)c3OC)CC2)nc2cccnc21. The predicted molar refractivity (Wildman–Crippen MR) is 122 cm³/mol. The normalized spacial score (nSPS) is 13.8. The number of anilines is 1. The van der Waals surface area contributed by atoms with Crippen LogP contribution in [0.2, 0.25) is 0 Å². The van der Waals surface area contributed by atoms with Crippen LogP contribution in [0.1, 0.15) is 10.4 Å². The third kappa shape index (κ3) is 3.77. The number of carbonyl (C=O) groups excluding carboxylic acids is 1. The molecule has 3 heterocycles. The number of rotatable bonds is 6. The van der Waals surface area contributed by atoms with E-state index in [0.29, 0.717) is 66.8 Å². The van der Waals surface area contributed by atoms with E-state index in [0.717, 1.165) is 0 Å². The molecular weight excluding hydrogens is 410 g/mol. The molecule has 1 aromatic carbocycles. The van der Waals surface area contributed by atoms with Gasteiger partial charge >= 0.3 is 0 Å². The van der Waals surface area contributed by atoms with Crippen LogP contribution in [0.3, 0.4) is 0 Å². The minimum absolute atomic E-state index is 0.139. The Morgan fingerprint density at radius 3 is 2.59 bits per heavy atom. The lowest BCUT2D eigenvalue weighted by Crippen LogP contribution is -2.50. The van der Waals surface area contributed by atoms with E-state index in [9.17, 15) is 9.59 Å². The van der Waals surface area contributed by atoms with Crippen molar-refractivity contribution in [2.45, 2.75) is 6.54 Å². The Morgan fingerprint density at radius 1 is 1.12 bits per heavy atom. The van der Waals surface area contributed by atoms with Gasteiger partial charge in [0.2, 0.25) is 0 Å². The van der Waals surface area contributed by atoms with Crippen molar-refractivity contribution in [1.29, 1.82) is 0 Å². The van der Waals surface area contributed by atoms with Crippen molar-refractivity contribution in [2.75, 3.05) is 45.3 Å². The fourth-order valence-corrected chi connectivity index (χ4v) is 3.91. The molecule has 1 fully saturated rings. The molecule has 1 aliphatic rings. The van der Waals surface area contributed by atoms with Gasteiger partial charge in [-0.2, -0.15) is 0 Å². The summed E-state index contributed by atoms with van der Waals surface area (Å²) in [5.41, 5.74) is 1.40. The van der Waals surface area contributed by atoms with E-state index in [1.807, 2.05) is 11.0 Å². The largest absolute Gasteiger partial charge is 0.493 e. The van der Waals surface area contributed by atoms with Gasteiger partial charge in [-0.3, -0.25) is 14.2 Å². The zero-order valence-corrected chi connectivity index (χ0v) is 18.2. The van der Waals surface area contributed by atoms with Crippen LogP contribution in [0.25, 0.3) is 11.2 Å². The number of hydrogen-bond acceptors (Lipinski definition) is 7. The lowest BCUT2D eigenvalue weighted by molar-refractivity contribution is 0.0742. The molecular formula is C23H25N5O4. The molecule has 9 heteroatoms. The topological polar surface area (TPSA) is 89.8 Å². The van der Waals surface area contributed by atoms with Gasteiger partial charge in [-0.15, -0.1) is 6.58 Å². The monoisotopic (exact) mass is 435 g/mol. The van der Waals surface area contributed by atoms with Gasteiger partial charge < -0.3 is 19.3 Å². The van der Waals surface area contributed by atoms with Gasteiger partial charge in [0.15, 0.2) is 23.0 Å². The highest BCUT2D eigenvalue weighted by atomic mass is 16.5. The molecule has 0 aliphatic carbocycles. The summed E-state index contributed by atoms with van der Waals surface area (Å²) in [7, 11) is 3.05. The first-order valence-corrected chi connectivity index (χ1v) is 10.3. The molecule has 3 aromatic rings. The van der Waals surface area contributed by atoms with Crippen LogP contribution >= 0.6 is 0 Å². The van der Waals surface area contributed by atoms with Gasteiger partial charge in [0.25, 0.3) is 11.5 Å². The maximum absolute atomic E-state index is 13.1. The van der Waals surface area contributed by atoms with Crippen molar-refractivity contribution in [2.24, 2.45) is 0 Å². The molecule has 0 spiro atoms. The summed E-state index contributed by atoms with van der Waals surface area (Å²) in [6.45, 7) is 5.96. The average molecular weight is 435 g/mol. The van der Waals surface area contributed by atoms with E-state index in [1.54, 1.807) is 46.0 Å². The van der Waals surface area contributed by atoms with Crippen LogP contribution in [0, 0.1) is 0 Å². The second-order valence-corrected chi connectivity index (χ2v) is 7.31. The van der Waals surface area contributed by atoms with Gasteiger partial charge in [0.05, 0.1) is 19.8 Å². The Hall–Kier alpha value is -3.88.